The number of allylic oxidation sites excluding steroid dienone is 1. The van der Waals surface area contributed by atoms with Crippen molar-refractivity contribution < 1.29 is 24.1 Å². The van der Waals surface area contributed by atoms with Crippen LogP contribution in [-0.4, -0.2) is 47.5 Å². The molecule has 1 saturated heterocycles. The molecule has 3 unspecified atom stereocenters. The minimum Gasteiger partial charge on any atom is -0.508 e. The van der Waals surface area contributed by atoms with Gasteiger partial charge in [-0.3, -0.25) is 9.29 Å². The van der Waals surface area contributed by atoms with E-state index < -0.39 is 6.10 Å². The van der Waals surface area contributed by atoms with Crippen LogP contribution in [0.25, 0.3) is 11.1 Å². The normalized spacial score (nSPS) is 20.7. The summed E-state index contributed by atoms with van der Waals surface area (Å²) in [7, 11) is 0. The molecule has 0 aliphatic carbocycles. The van der Waals surface area contributed by atoms with Gasteiger partial charge >= 0.3 is 0 Å². The molecule has 5 nitrogen and oxygen atoms in total. The summed E-state index contributed by atoms with van der Waals surface area (Å²) in [5.41, 5.74) is 4.56. The Kier molecular flexibility index (Phi) is 7.38. The Balaban J connectivity index is 1.36. The molecule has 0 radical (unpaired) electrons. The van der Waals surface area contributed by atoms with Crippen molar-refractivity contribution in [1.82, 2.24) is 4.90 Å². The number of phenolic OH excluding ortho intramolecular Hbond substituents is 2. The molecule has 0 amide bonds. The Bertz CT molecular complexity index is 1270. The van der Waals surface area contributed by atoms with Crippen molar-refractivity contribution in [1.29, 1.82) is 0 Å². The van der Waals surface area contributed by atoms with Crippen molar-refractivity contribution in [2.75, 3.05) is 26.4 Å². The van der Waals surface area contributed by atoms with Gasteiger partial charge in [0, 0.05) is 29.6 Å². The average Bonchev–Trinajstić information content (AvgIpc) is 2.92. The Morgan fingerprint density at radius 3 is 2.59 bits per heavy atom. The molecular formula is C31H34FNO4. The van der Waals surface area contributed by atoms with E-state index in [4.69, 9.17) is 9.47 Å². The van der Waals surface area contributed by atoms with Crippen molar-refractivity contribution in [2.24, 2.45) is 5.92 Å². The molecule has 3 aromatic carbocycles. The second kappa shape index (κ2) is 10.9. The molecule has 37 heavy (non-hydrogen) atoms. The number of aromatic hydroxyl groups is 2. The maximum absolute atomic E-state index is 13.1. The van der Waals surface area contributed by atoms with Crippen LogP contribution in [0.4, 0.5) is 4.39 Å². The van der Waals surface area contributed by atoms with Gasteiger partial charge in [-0.1, -0.05) is 24.3 Å². The smallest absolute Gasteiger partial charge is 0.150 e. The second-order valence-electron chi connectivity index (χ2n) is 10.2. The van der Waals surface area contributed by atoms with Crippen molar-refractivity contribution in [3.63, 3.8) is 0 Å². The molecule has 3 aromatic rings. The predicted molar refractivity (Wildman–Crippen MR) is 144 cm³/mol. The van der Waals surface area contributed by atoms with E-state index in [2.05, 4.69) is 11.8 Å². The van der Waals surface area contributed by atoms with Crippen LogP contribution in [0.15, 0.2) is 66.7 Å². The summed E-state index contributed by atoms with van der Waals surface area (Å²) in [6.07, 6.45) is 1.61. The summed E-state index contributed by atoms with van der Waals surface area (Å²) in [5, 5.41) is 20.2. The molecule has 0 aromatic heterocycles. The van der Waals surface area contributed by atoms with Crippen LogP contribution in [0.1, 0.15) is 49.5 Å². The van der Waals surface area contributed by atoms with Gasteiger partial charge in [-0.2, -0.15) is 0 Å². The van der Waals surface area contributed by atoms with Crippen molar-refractivity contribution in [3.8, 4) is 23.0 Å². The van der Waals surface area contributed by atoms with Crippen molar-refractivity contribution in [3.05, 3.63) is 83.4 Å². The lowest BCUT2D eigenvalue weighted by Gasteiger charge is -2.35. The molecule has 194 valence electrons. The Hall–Kier alpha value is -3.51. The van der Waals surface area contributed by atoms with E-state index in [0.717, 1.165) is 59.5 Å². The van der Waals surface area contributed by atoms with Gasteiger partial charge in [0.25, 0.3) is 0 Å². The van der Waals surface area contributed by atoms with Crippen LogP contribution in [0.2, 0.25) is 0 Å². The summed E-state index contributed by atoms with van der Waals surface area (Å²) >= 11 is 0. The minimum absolute atomic E-state index is 0.136. The third kappa shape index (κ3) is 5.44. The number of alkyl halides is 1. The summed E-state index contributed by atoms with van der Waals surface area (Å²) in [6, 6.07) is 20.4. The summed E-state index contributed by atoms with van der Waals surface area (Å²) in [6.45, 7) is 6.22. The number of nitrogens with zero attached hydrogens (tertiary/aromatic N) is 1. The molecule has 0 saturated carbocycles. The fraction of sp³-hybridized carbons (Fsp3) is 0.355. The number of hydrogen-bond donors (Lipinski definition) is 2. The number of phenols is 2. The zero-order chi connectivity index (χ0) is 25.9. The van der Waals surface area contributed by atoms with Crippen LogP contribution in [0, 0.1) is 5.92 Å². The van der Waals surface area contributed by atoms with Crippen LogP contribution < -0.4 is 9.47 Å². The highest BCUT2D eigenvalue weighted by atomic mass is 19.1. The molecule has 1 fully saturated rings. The fourth-order valence-corrected chi connectivity index (χ4v) is 5.40. The number of piperidine rings is 1. The first-order valence-corrected chi connectivity index (χ1v) is 13.0. The number of benzene rings is 3. The Labute approximate surface area is 217 Å². The maximum atomic E-state index is 13.1. The molecule has 2 aliphatic heterocycles. The number of hydrogen-bond acceptors (Lipinski definition) is 5. The van der Waals surface area contributed by atoms with Gasteiger partial charge < -0.3 is 19.7 Å². The standard InChI is InChI=1S/C31H34FNO4/c1-20(33-14-4-5-22(17-32)18-33)19-36-27-11-8-23(9-12-27)31-30(24-6-3-7-25(34)15-24)21(2)28-16-26(35)10-13-29(28)37-31/h3,6-13,15-16,20,22,31,34-35H,4-5,14,17-19H2,1-2H3. The number of likely N-dealkylation sites (tertiary alicyclic amines) is 1. The van der Waals surface area contributed by atoms with E-state index in [9.17, 15) is 14.6 Å². The van der Waals surface area contributed by atoms with Gasteiger partial charge in [-0.25, -0.2) is 0 Å². The first-order chi connectivity index (χ1) is 17.9. The lowest BCUT2D eigenvalue weighted by molar-refractivity contribution is 0.0880. The molecule has 2 N–H and O–H groups in total. The number of ether oxygens (including phenoxy) is 2. The number of halogens is 1. The molecule has 3 atom stereocenters. The van der Waals surface area contributed by atoms with E-state index in [1.165, 1.54) is 0 Å². The van der Waals surface area contributed by atoms with Crippen molar-refractivity contribution in [2.45, 2.75) is 38.8 Å². The maximum Gasteiger partial charge on any atom is 0.150 e. The predicted octanol–water partition coefficient (Wildman–Crippen LogP) is 6.61. The highest BCUT2D eigenvalue weighted by molar-refractivity contribution is 5.95. The SMILES string of the molecule is CC1=C(c2cccc(O)c2)C(c2ccc(OCC(C)N3CCCC(CF)C3)cc2)Oc2ccc(O)cc21. The summed E-state index contributed by atoms with van der Waals surface area (Å²) in [5.74, 6) is 1.97. The fourth-order valence-electron chi connectivity index (χ4n) is 5.40. The highest BCUT2D eigenvalue weighted by Gasteiger charge is 2.30. The molecule has 6 heteroatoms. The molecule has 5 rings (SSSR count). The van der Waals surface area contributed by atoms with E-state index in [0.29, 0.717) is 12.4 Å². The number of rotatable bonds is 7. The Morgan fingerprint density at radius 2 is 1.84 bits per heavy atom. The average molecular weight is 504 g/mol. The van der Waals surface area contributed by atoms with Gasteiger partial charge in [0.1, 0.15) is 35.7 Å². The largest absolute Gasteiger partial charge is 0.508 e. The van der Waals surface area contributed by atoms with Gasteiger partial charge in [0.15, 0.2) is 0 Å². The zero-order valence-corrected chi connectivity index (χ0v) is 21.4. The quantitative estimate of drug-likeness (QED) is 0.380. The van der Waals surface area contributed by atoms with E-state index in [-0.39, 0.29) is 30.1 Å². The first-order valence-electron chi connectivity index (χ1n) is 13.0. The van der Waals surface area contributed by atoms with E-state index in [1.54, 1.807) is 30.3 Å². The lowest BCUT2D eigenvalue weighted by Crippen LogP contribution is -2.44. The molecular weight excluding hydrogens is 469 g/mol. The van der Waals surface area contributed by atoms with Gasteiger partial charge in [0.05, 0.1) is 6.67 Å². The van der Waals surface area contributed by atoms with Gasteiger partial charge in [-0.15, -0.1) is 0 Å². The highest BCUT2D eigenvalue weighted by Crippen LogP contribution is 2.47. The summed E-state index contributed by atoms with van der Waals surface area (Å²) in [4.78, 5) is 2.32. The summed E-state index contributed by atoms with van der Waals surface area (Å²) < 4.78 is 25.7. The van der Waals surface area contributed by atoms with Gasteiger partial charge in [-0.05, 0) is 92.4 Å². The Morgan fingerprint density at radius 1 is 1.05 bits per heavy atom. The molecule has 0 bridgehead atoms. The molecule has 0 spiro atoms. The topological polar surface area (TPSA) is 62.2 Å². The number of fused-ring (bicyclic) bond motifs is 1. The molecule has 2 heterocycles. The van der Waals surface area contributed by atoms with E-state index >= 15 is 0 Å². The third-order valence-corrected chi connectivity index (χ3v) is 7.50. The third-order valence-electron chi connectivity index (χ3n) is 7.50. The van der Waals surface area contributed by atoms with Crippen LogP contribution in [0.3, 0.4) is 0 Å². The van der Waals surface area contributed by atoms with Crippen LogP contribution in [0.5, 0.6) is 23.0 Å². The van der Waals surface area contributed by atoms with Gasteiger partial charge in [0.2, 0.25) is 0 Å². The molecule has 2 aliphatic rings. The first kappa shape index (κ1) is 25.2. The van der Waals surface area contributed by atoms with Crippen molar-refractivity contribution >= 4 is 11.1 Å². The monoisotopic (exact) mass is 503 g/mol. The lowest BCUT2D eigenvalue weighted by atomic mass is 9.86. The zero-order valence-electron chi connectivity index (χ0n) is 21.4. The van der Waals surface area contributed by atoms with Crippen LogP contribution >= 0.6 is 0 Å². The van der Waals surface area contributed by atoms with Crippen LogP contribution in [-0.2, 0) is 0 Å². The van der Waals surface area contributed by atoms with E-state index in [1.807, 2.05) is 43.3 Å². The second-order valence-corrected chi connectivity index (χ2v) is 10.2. The minimum atomic E-state index is -0.391.